The zero-order valence-corrected chi connectivity index (χ0v) is 13.1. The molecule has 6 nitrogen and oxygen atoms in total. The fraction of sp³-hybridized carbons (Fsp3) is 0.429. The van der Waals surface area contributed by atoms with Gasteiger partial charge in [-0.3, -0.25) is 4.79 Å². The van der Waals surface area contributed by atoms with Gasteiger partial charge < -0.3 is 19.7 Å². The molecule has 1 heterocycles. The van der Waals surface area contributed by atoms with Crippen LogP contribution in [0.4, 0.5) is 0 Å². The van der Waals surface area contributed by atoms with E-state index in [1.807, 2.05) is 0 Å². The molecule has 0 unspecified atom stereocenters. The molecule has 1 atom stereocenters. The lowest BCUT2D eigenvalue weighted by atomic mass is 9.72. The van der Waals surface area contributed by atoms with Gasteiger partial charge in [0.2, 0.25) is 5.91 Å². The molecule has 0 saturated carbocycles. The Hall–Kier alpha value is -1.73. The van der Waals surface area contributed by atoms with Crippen molar-refractivity contribution in [1.29, 1.82) is 0 Å². The normalized spacial score (nSPS) is 16.5. The molecule has 1 aliphatic heterocycles. The summed E-state index contributed by atoms with van der Waals surface area (Å²) in [5, 5.41) is 12.9. The summed E-state index contributed by atoms with van der Waals surface area (Å²) in [6.45, 7) is 3.61. The maximum Gasteiger partial charge on any atom is 0.547 e. The second-order valence-electron chi connectivity index (χ2n) is 4.87. The second-order valence-corrected chi connectivity index (χ2v) is 5.28. The van der Waals surface area contributed by atoms with Gasteiger partial charge in [0.15, 0.2) is 0 Å². The smallest absolute Gasteiger partial charge is 0.534 e. The van der Waals surface area contributed by atoms with Gasteiger partial charge in [-0.15, -0.1) is 0 Å². The molecule has 8 heteroatoms. The Morgan fingerprint density at radius 3 is 2.86 bits per heavy atom. The summed E-state index contributed by atoms with van der Waals surface area (Å²) in [4.78, 5) is 23.5. The van der Waals surface area contributed by atoms with Gasteiger partial charge in [-0.2, -0.15) is 0 Å². The molecule has 1 aromatic carbocycles. The van der Waals surface area contributed by atoms with Crippen LogP contribution in [-0.2, 0) is 16.0 Å². The van der Waals surface area contributed by atoms with Gasteiger partial charge in [0.05, 0.1) is 17.6 Å². The van der Waals surface area contributed by atoms with E-state index in [9.17, 15) is 14.6 Å². The molecule has 2 N–H and O–H groups in total. The summed E-state index contributed by atoms with van der Waals surface area (Å²) in [5.74, 6) is -1.15. The molecular formula is C14H17BClNO5. The number of rotatable bonds is 4. The van der Waals surface area contributed by atoms with Crippen molar-refractivity contribution >= 4 is 30.6 Å². The Bertz CT molecular complexity index is 595. The summed E-state index contributed by atoms with van der Waals surface area (Å²) in [6, 6.07) is 3.28. The number of fused-ring (bicyclic) bond motifs is 1. The Balaban J connectivity index is 2.32. The van der Waals surface area contributed by atoms with Crippen molar-refractivity contribution in [3.05, 3.63) is 28.3 Å². The van der Waals surface area contributed by atoms with Gasteiger partial charge in [0.1, 0.15) is 11.3 Å². The van der Waals surface area contributed by atoms with E-state index in [4.69, 9.17) is 21.0 Å². The number of hydrogen-bond acceptors (Lipinski definition) is 5. The first-order chi connectivity index (χ1) is 10.5. The predicted molar refractivity (Wildman–Crippen MR) is 81.9 cm³/mol. The van der Waals surface area contributed by atoms with Crippen LogP contribution in [0.25, 0.3) is 0 Å². The first-order valence-corrected chi connectivity index (χ1v) is 7.48. The van der Waals surface area contributed by atoms with Crippen LogP contribution in [0.1, 0.15) is 36.2 Å². The average Bonchev–Trinajstić information content (AvgIpc) is 2.48. The highest BCUT2D eigenvalue weighted by Crippen LogP contribution is 2.35. The van der Waals surface area contributed by atoms with Crippen molar-refractivity contribution in [2.45, 2.75) is 32.6 Å². The third-order valence-corrected chi connectivity index (χ3v) is 3.67. The van der Waals surface area contributed by atoms with Crippen LogP contribution in [0.2, 0.25) is 5.02 Å². The van der Waals surface area contributed by atoms with Crippen LogP contribution in [0.15, 0.2) is 12.1 Å². The molecule has 0 fully saturated rings. The van der Waals surface area contributed by atoms with Crippen LogP contribution in [0, 0.1) is 0 Å². The predicted octanol–water partition coefficient (Wildman–Crippen LogP) is 1.37. The lowest BCUT2D eigenvalue weighted by Gasteiger charge is -2.29. The molecule has 1 aromatic rings. The van der Waals surface area contributed by atoms with Crippen LogP contribution in [0.5, 0.6) is 5.75 Å². The van der Waals surface area contributed by atoms with E-state index in [0.717, 1.165) is 0 Å². The zero-order chi connectivity index (χ0) is 16.3. The van der Waals surface area contributed by atoms with Crippen molar-refractivity contribution in [2.24, 2.45) is 0 Å². The molecule has 118 valence electrons. The van der Waals surface area contributed by atoms with E-state index in [-0.39, 0.29) is 28.8 Å². The zero-order valence-electron chi connectivity index (χ0n) is 12.4. The fourth-order valence-corrected chi connectivity index (χ4v) is 2.49. The number of carbonyl (C=O) groups excluding carboxylic acids is 2. The number of hydrogen-bond donors (Lipinski definition) is 2. The maximum absolute atomic E-state index is 12.0. The lowest BCUT2D eigenvalue weighted by Crippen LogP contribution is -2.53. The number of halogens is 1. The van der Waals surface area contributed by atoms with Gasteiger partial charge in [-0.25, -0.2) is 4.79 Å². The van der Waals surface area contributed by atoms with Crippen molar-refractivity contribution in [3.63, 3.8) is 0 Å². The van der Waals surface area contributed by atoms with E-state index in [1.54, 1.807) is 26.0 Å². The topological polar surface area (TPSA) is 84.9 Å². The summed E-state index contributed by atoms with van der Waals surface area (Å²) in [5.41, 5.74) is 0.777. The summed E-state index contributed by atoms with van der Waals surface area (Å²) < 4.78 is 10.4. The molecule has 0 saturated heterocycles. The summed E-state index contributed by atoms with van der Waals surface area (Å²) in [7, 11) is -1.25. The number of esters is 1. The van der Waals surface area contributed by atoms with Gasteiger partial charge in [-0.1, -0.05) is 24.6 Å². The van der Waals surface area contributed by atoms with E-state index < -0.39 is 19.0 Å². The highest BCUT2D eigenvalue weighted by Gasteiger charge is 2.38. The van der Waals surface area contributed by atoms with Crippen LogP contribution < -0.4 is 9.97 Å². The number of ether oxygens (including phenoxy) is 1. The standard InChI is InChI=1S/C14H17BClNO5/c1-3-11(18)17-10-7-8-5-6-9(16)12(14(19)21-4-2)13(8)22-15(10)20/h5-6,10,20H,3-4,7H2,1-2H3,(H,17,18)/t10-/m0/s1. The number of nitrogens with one attached hydrogen (secondary N) is 1. The van der Waals surface area contributed by atoms with E-state index in [2.05, 4.69) is 5.32 Å². The average molecular weight is 326 g/mol. The molecule has 0 bridgehead atoms. The maximum atomic E-state index is 12.0. The van der Waals surface area contributed by atoms with Crippen LogP contribution in [0.3, 0.4) is 0 Å². The minimum absolute atomic E-state index is 0.0975. The minimum atomic E-state index is -1.25. The highest BCUT2D eigenvalue weighted by molar-refractivity contribution is 6.47. The van der Waals surface area contributed by atoms with Crippen molar-refractivity contribution < 1.29 is 24.0 Å². The van der Waals surface area contributed by atoms with E-state index in [0.29, 0.717) is 18.4 Å². The van der Waals surface area contributed by atoms with Crippen LogP contribution in [-0.4, -0.2) is 36.6 Å². The largest absolute Gasteiger partial charge is 0.547 e. The van der Waals surface area contributed by atoms with Gasteiger partial charge >= 0.3 is 13.1 Å². The van der Waals surface area contributed by atoms with Crippen LogP contribution >= 0.6 is 11.6 Å². The molecule has 2 rings (SSSR count). The summed E-state index contributed by atoms with van der Waals surface area (Å²) in [6.07, 6.45) is 0.649. The SMILES string of the molecule is CCOC(=O)c1c(Cl)ccc2c1OB(O)[C@@H](NC(=O)CC)C2. The third kappa shape index (κ3) is 3.36. The van der Waals surface area contributed by atoms with Gasteiger partial charge in [0, 0.05) is 6.42 Å². The minimum Gasteiger partial charge on any atom is -0.534 e. The molecule has 22 heavy (non-hydrogen) atoms. The fourth-order valence-electron chi connectivity index (χ4n) is 2.26. The summed E-state index contributed by atoms with van der Waals surface area (Å²) >= 11 is 6.05. The van der Waals surface area contributed by atoms with E-state index in [1.165, 1.54) is 0 Å². The number of carbonyl (C=O) groups is 2. The number of amides is 1. The Morgan fingerprint density at radius 2 is 2.23 bits per heavy atom. The molecule has 0 aromatic heterocycles. The molecular weight excluding hydrogens is 308 g/mol. The van der Waals surface area contributed by atoms with Crippen molar-refractivity contribution in [3.8, 4) is 5.75 Å². The Kier molecular flexibility index (Phi) is 5.31. The second kappa shape index (κ2) is 7.02. The molecule has 0 spiro atoms. The highest BCUT2D eigenvalue weighted by atomic mass is 35.5. The molecule has 1 amide bonds. The molecule has 1 aliphatic rings. The Morgan fingerprint density at radius 1 is 1.50 bits per heavy atom. The quantitative estimate of drug-likeness (QED) is 0.645. The lowest BCUT2D eigenvalue weighted by molar-refractivity contribution is -0.121. The molecule has 0 aliphatic carbocycles. The van der Waals surface area contributed by atoms with Gasteiger partial charge in [-0.05, 0) is 25.0 Å². The number of benzene rings is 1. The first kappa shape index (κ1) is 16.6. The first-order valence-electron chi connectivity index (χ1n) is 7.10. The third-order valence-electron chi connectivity index (χ3n) is 3.36. The van der Waals surface area contributed by atoms with E-state index >= 15 is 0 Å². The van der Waals surface area contributed by atoms with Crippen molar-refractivity contribution in [1.82, 2.24) is 5.32 Å². The van der Waals surface area contributed by atoms with Crippen molar-refractivity contribution in [2.75, 3.05) is 6.61 Å². The monoisotopic (exact) mass is 325 g/mol. The molecule has 0 radical (unpaired) electrons. The Labute approximate surface area is 133 Å². The van der Waals surface area contributed by atoms with Gasteiger partial charge in [0.25, 0.3) is 0 Å².